The molecule has 0 amide bonds. The molecule has 2 aromatic rings. The first-order valence-corrected chi connectivity index (χ1v) is 6.30. The van der Waals surface area contributed by atoms with Crippen molar-refractivity contribution in [2.75, 3.05) is 0 Å². The molecule has 0 spiro atoms. The average Bonchev–Trinajstić information content (AvgIpc) is 2.36. The SMILES string of the molecule is CC(=O)Oc1ccc(/C=C/c2cc(C)cc(O)c2)cc1. The molecule has 3 nitrogen and oxygen atoms in total. The molecular formula is C17H16O3. The van der Waals surface area contributed by atoms with Crippen LogP contribution < -0.4 is 4.74 Å². The van der Waals surface area contributed by atoms with Crippen LogP contribution in [0.3, 0.4) is 0 Å². The second-order valence-electron chi connectivity index (χ2n) is 4.60. The van der Waals surface area contributed by atoms with E-state index in [1.165, 1.54) is 6.92 Å². The molecule has 0 saturated heterocycles. The molecule has 102 valence electrons. The van der Waals surface area contributed by atoms with E-state index in [0.717, 1.165) is 16.7 Å². The molecule has 20 heavy (non-hydrogen) atoms. The van der Waals surface area contributed by atoms with Crippen molar-refractivity contribution in [1.82, 2.24) is 0 Å². The molecule has 0 heterocycles. The van der Waals surface area contributed by atoms with Gasteiger partial charge in [0.05, 0.1) is 0 Å². The summed E-state index contributed by atoms with van der Waals surface area (Å²) >= 11 is 0. The van der Waals surface area contributed by atoms with Crippen LogP contribution in [0.15, 0.2) is 42.5 Å². The predicted molar refractivity (Wildman–Crippen MR) is 79.5 cm³/mol. The van der Waals surface area contributed by atoms with Crippen LogP contribution in [0, 0.1) is 6.92 Å². The molecule has 2 aromatic carbocycles. The highest BCUT2D eigenvalue weighted by molar-refractivity contribution is 5.72. The zero-order valence-electron chi connectivity index (χ0n) is 11.5. The van der Waals surface area contributed by atoms with Gasteiger partial charge >= 0.3 is 5.97 Å². The Hall–Kier alpha value is -2.55. The first-order chi connectivity index (χ1) is 9.52. The molecule has 0 atom stereocenters. The van der Waals surface area contributed by atoms with Gasteiger partial charge in [0.2, 0.25) is 0 Å². The number of carbonyl (C=O) groups is 1. The summed E-state index contributed by atoms with van der Waals surface area (Å²) in [7, 11) is 0. The van der Waals surface area contributed by atoms with Gasteiger partial charge in [0.1, 0.15) is 11.5 Å². The molecular weight excluding hydrogens is 252 g/mol. The quantitative estimate of drug-likeness (QED) is 0.523. The molecule has 1 N–H and O–H groups in total. The van der Waals surface area contributed by atoms with Crippen LogP contribution >= 0.6 is 0 Å². The highest BCUT2D eigenvalue weighted by atomic mass is 16.5. The Morgan fingerprint density at radius 2 is 1.70 bits per heavy atom. The van der Waals surface area contributed by atoms with E-state index in [4.69, 9.17) is 4.74 Å². The van der Waals surface area contributed by atoms with E-state index >= 15 is 0 Å². The third kappa shape index (κ3) is 3.99. The maximum absolute atomic E-state index is 10.8. The van der Waals surface area contributed by atoms with Gasteiger partial charge in [-0.25, -0.2) is 0 Å². The van der Waals surface area contributed by atoms with Crippen molar-refractivity contribution in [2.24, 2.45) is 0 Å². The second-order valence-corrected chi connectivity index (χ2v) is 4.60. The van der Waals surface area contributed by atoms with Crippen molar-refractivity contribution in [3.63, 3.8) is 0 Å². The van der Waals surface area contributed by atoms with Gasteiger partial charge in [0.15, 0.2) is 0 Å². The molecule has 0 fully saturated rings. The van der Waals surface area contributed by atoms with Gasteiger partial charge in [-0.2, -0.15) is 0 Å². The van der Waals surface area contributed by atoms with Gasteiger partial charge in [-0.15, -0.1) is 0 Å². The Morgan fingerprint density at radius 1 is 1.05 bits per heavy atom. The Labute approximate surface area is 118 Å². The lowest BCUT2D eigenvalue weighted by atomic mass is 10.1. The van der Waals surface area contributed by atoms with E-state index in [1.54, 1.807) is 24.3 Å². The van der Waals surface area contributed by atoms with Crippen LogP contribution in [0.1, 0.15) is 23.6 Å². The Bertz CT molecular complexity index is 620. The standard InChI is InChI=1S/C17H16O3/c1-12-9-15(11-16(19)10-12)4-3-14-5-7-17(8-6-14)20-13(2)18/h3-11,19H,1-2H3/b4-3+. The van der Waals surface area contributed by atoms with E-state index in [2.05, 4.69) is 0 Å². The minimum Gasteiger partial charge on any atom is -0.508 e. The van der Waals surface area contributed by atoms with Crippen molar-refractivity contribution in [3.8, 4) is 11.5 Å². The summed E-state index contributed by atoms with van der Waals surface area (Å²) in [6.07, 6.45) is 3.86. The molecule has 0 bridgehead atoms. The average molecular weight is 268 g/mol. The number of benzene rings is 2. The second kappa shape index (κ2) is 6.06. The first kappa shape index (κ1) is 13.9. The van der Waals surface area contributed by atoms with E-state index in [1.807, 2.05) is 37.3 Å². The molecule has 0 unspecified atom stereocenters. The third-order valence-electron chi connectivity index (χ3n) is 2.69. The van der Waals surface area contributed by atoms with Gasteiger partial charge in [-0.05, 0) is 47.9 Å². The number of hydrogen-bond donors (Lipinski definition) is 1. The summed E-state index contributed by atoms with van der Waals surface area (Å²) < 4.78 is 4.97. The highest BCUT2D eigenvalue weighted by Crippen LogP contribution is 2.18. The van der Waals surface area contributed by atoms with E-state index < -0.39 is 0 Å². The number of aromatic hydroxyl groups is 1. The Balaban J connectivity index is 2.12. The fraction of sp³-hybridized carbons (Fsp3) is 0.118. The lowest BCUT2D eigenvalue weighted by Gasteiger charge is -2.01. The number of ether oxygens (including phenoxy) is 1. The van der Waals surface area contributed by atoms with Crippen LogP contribution in [0.2, 0.25) is 0 Å². The topological polar surface area (TPSA) is 46.5 Å². The summed E-state index contributed by atoms with van der Waals surface area (Å²) in [6, 6.07) is 12.6. The zero-order valence-corrected chi connectivity index (χ0v) is 11.5. The Kier molecular flexibility index (Phi) is 4.20. The van der Waals surface area contributed by atoms with E-state index in [-0.39, 0.29) is 11.7 Å². The molecule has 0 aromatic heterocycles. The summed E-state index contributed by atoms with van der Waals surface area (Å²) in [5, 5.41) is 9.53. The van der Waals surface area contributed by atoms with Crippen molar-refractivity contribution in [2.45, 2.75) is 13.8 Å². The smallest absolute Gasteiger partial charge is 0.308 e. The molecule has 0 aliphatic rings. The molecule has 2 rings (SSSR count). The van der Waals surface area contributed by atoms with Crippen LogP contribution in [0.4, 0.5) is 0 Å². The maximum atomic E-state index is 10.8. The number of rotatable bonds is 3. The van der Waals surface area contributed by atoms with Crippen molar-refractivity contribution in [3.05, 3.63) is 59.2 Å². The highest BCUT2D eigenvalue weighted by Gasteiger charge is 1.97. The van der Waals surface area contributed by atoms with Crippen molar-refractivity contribution < 1.29 is 14.6 Å². The number of hydrogen-bond acceptors (Lipinski definition) is 3. The van der Waals surface area contributed by atoms with E-state index in [0.29, 0.717) is 5.75 Å². The largest absolute Gasteiger partial charge is 0.508 e. The van der Waals surface area contributed by atoms with Gasteiger partial charge in [0.25, 0.3) is 0 Å². The van der Waals surface area contributed by atoms with Gasteiger partial charge in [0, 0.05) is 6.92 Å². The number of phenolic OH excluding ortho intramolecular Hbond substituents is 1. The predicted octanol–water partition coefficient (Wildman–Crippen LogP) is 3.80. The molecule has 0 saturated carbocycles. The normalized spacial score (nSPS) is 10.7. The van der Waals surface area contributed by atoms with Crippen molar-refractivity contribution in [1.29, 1.82) is 0 Å². The lowest BCUT2D eigenvalue weighted by molar-refractivity contribution is -0.131. The summed E-state index contributed by atoms with van der Waals surface area (Å²) in [6.45, 7) is 3.31. The zero-order chi connectivity index (χ0) is 14.5. The third-order valence-corrected chi connectivity index (χ3v) is 2.69. The van der Waals surface area contributed by atoms with Crippen LogP contribution in [-0.4, -0.2) is 11.1 Å². The fourth-order valence-electron chi connectivity index (χ4n) is 1.89. The number of aryl methyl sites for hydroxylation is 1. The van der Waals surface area contributed by atoms with Gasteiger partial charge < -0.3 is 9.84 Å². The van der Waals surface area contributed by atoms with Crippen LogP contribution in [0.25, 0.3) is 12.2 Å². The van der Waals surface area contributed by atoms with Crippen LogP contribution in [-0.2, 0) is 4.79 Å². The first-order valence-electron chi connectivity index (χ1n) is 6.30. The molecule has 3 heteroatoms. The fourth-order valence-corrected chi connectivity index (χ4v) is 1.89. The Morgan fingerprint density at radius 3 is 2.30 bits per heavy atom. The van der Waals surface area contributed by atoms with Gasteiger partial charge in [-0.3, -0.25) is 4.79 Å². The van der Waals surface area contributed by atoms with Crippen LogP contribution in [0.5, 0.6) is 11.5 Å². The molecule has 0 radical (unpaired) electrons. The summed E-state index contributed by atoms with van der Waals surface area (Å²) in [5.41, 5.74) is 2.93. The molecule has 0 aliphatic heterocycles. The summed E-state index contributed by atoms with van der Waals surface area (Å²) in [5.74, 6) is 0.459. The number of carbonyl (C=O) groups excluding carboxylic acids is 1. The number of esters is 1. The molecule has 0 aliphatic carbocycles. The van der Waals surface area contributed by atoms with E-state index in [9.17, 15) is 9.90 Å². The summed E-state index contributed by atoms with van der Waals surface area (Å²) in [4.78, 5) is 10.8. The number of phenols is 1. The van der Waals surface area contributed by atoms with Gasteiger partial charge in [-0.1, -0.05) is 30.4 Å². The maximum Gasteiger partial charge on any atom is 0.308 e. The van der Waals surface area contributed by atoms with Crippen molar-refractivity contribution >= 4 is 18.1 Å². The lowest BCUT2D eigenvalue weighted by Crippen LogP contribution is -2.00. The minimum atomic E-state index is -0.330. The minimum absolute atomic E-state index is 0.259. The monoisotopic (exact) mass is 268 g/mol.